The minimum absolute atomic E-state index is 0.129. The van der Waals surface area contributed by atoms with Gasteiger partial charge in [-0.1, -0.05) is 116 Å². The Bertz CT molecular complexity index is 3150. The number of methoxy groups -OCH3 is 1. The van der Waals surface area contributed by atoms with E-state index in [1.165, 1.54) is 44.6 Å². The number of rotatable bonds is 6. The van der Waals surface area contributed by atoms with Gasteiger partial charge in [-0.15, -0.1) is 0 Å². The van der Waals surface area contributed by atoms with E-state index in [0.29, 0.717) is 0 Å². The Kier molecular flexibility index (Phi) is 8.27. The Morgan fingerprint density at radius 2 is 1.17 bits per heavy atom. The summed E-state index contributed by atoms with van der Waals surface area (Å²) in [6, 6.07) is 48.7. The van der Waals surface area contributed by atoms with Crippen molar-refractivity contribution in [2.75, 3.05) is 12.0 Å². The predicted octanol–water partition coefficient (Wildman–Crippen LogP) is 15.4. The Morgan fingerprint density at radius 1 is 0.542 bits per heavy atom. The van der Waals surface area contributed by atoms with Gasteiger partial charge in [0.2, 0.25) is 0 Å². The highest BCUT2D eigenvalue weighted by Gasteiger charge is 2.36. The predicted molar refractivity (Wildman–Crippen MR) is 248 cm³/mol. The lowest BCUT2D eigenvalue weighted by Crippen LogP contribution is -2.23. The van der Waals surface area contributed by atoms with E-state index in [2.05, 4.69) is 182 Å². The highest BCUT2D eigenvalue weighted by atomic mass is 16.5. The van der Waals surface area contributed by atoms with Crippen molar-refractivity contribution in [2.24, 2.45) is 0 Å². The molecule has 0 amide bonds. The van der Waals surface area contributed by atoms with Gasteiger partial charge in [-0.2, -0.15) is 0 Å². The van der Waals surface area contributed by atoms with Crippen molar-refractivity contribution in [3.63, 3.8) is 0 Å². The number of benzene rings is 8. The number of ether oxygens (including phenoxy) is 2. The molecule has 0 saturated heterocycles. The molecule has 0 fully saturated rings. The van der Waals surface area contributed by atoms with Crippen LogP contribution in [0.5, 0.6) is 11.5 Å². The van der Waals surface area contributed by atoms with Crippen molar-refractivity contribution in [1.29, 1.82) is 0 Å². The van der Waals surface area contributed by atoms with Crippen molar-refractivity contribution >= 4 is 60.5 Å². The zero-order valence-corrected chi connectivity index (χ0v) is 35.4. The van der Waals surface area contributed by atoms with Crippen LogP contribution in [0, 0.1) is 20.8 Å². The van der Waals surface area contributed by atoms with Crippen LogP contribution < -0.4 is 14.4 Å². The maximum Gasteiger partial charge on any atom is 0.139 e. The highest BCUT2D eigenvalue weighted by Crippen LogP contribution is 2.53. The van der Waals surface area contributed by atoms with Crippen molar-refractivity contribution in [3.8, 4) is 33.8 Å². The molecule has 0 radical (unpaired) electrons. The lowest BCUT2D eigenvalue weighted by molar-refractivity contribution is 0.133. The fourth-order valence-corrected chi connectivity index (χ4v) is 9.89. The molecule has 9 aromatic rings. The van der Waals surface area contributed by atoms with Crippen LogP contribution in [0.25, 0.3) is 65.7 Å². The van der Waals surface area contributed by atoms with Gasteiger partial charge in [-0.3, -0.25) is 0 Å². The molecule has 59 heavy (non-hydrogen) atoms. The van der Waals surface area contributed by atoms with Crippen LogP contribution in [0.15, 0.2) is 138 Å². The van der Waals surface area contributed by atoms with E-state index in [1.807, 2.05) is 12.1 Å². The summed E-state index contributed by atoms with van der Waals surface area (Å²) >= 11 is 0. The SMILES string of the molecule is COc1cc2oc3cc(OC(C)(C)C)c4ccccc4c3c2cc1-c1ccc(N(c2ccc3c(c2)C(C)(C)c2ccccc2-3)c2c(C)cc(C)cc2C)c2ccccc12. The van der Waals surface area contributed by atoms with E-state index in [-0.39, 0.29) is 11.0 Å². The number of nitrogens with zero attached hydrogens (tertiary/aromatic N) is 1. The molecule has 4 heteroatoms. The van der Waals surface area contributed by atoms with E-state index < -0.39 is 0 Å². The van der Waals surface area contributed by atoms with Crippen molar-refractivity contribution in [1.82, 2.24) is 0 Å². The minimum atomic E-state index is -0.360. The molecule has 8 aromatic carbocycles. The zero-order valence-electron chi connectivity index (χ0n) is 35.4. The Labute approximate surface area is 346 Å². The molecule has 1 aliphatic carbocycles. The molecule has 1 aliphatic rings. The summed E-state index contributed by atoms with van der Waals surface area (Å²) in [5.74, 6) is 1.57. The van der Waals surface area contributed by atoms with Crippen molar-refractivity contribution in [2.45, 2.75) is 66.4 Å². The first kappa shape index (κ1) is 36.8. The largest absolute Gasteiger partial charge is 0.496 e. The van der Waals surface area contributed by atoms with E-state index in [1.54, 1.807) is 7.11 Å². The summed E-state index contributed by atoms with van der Waals surface area (Å²) in [6.07, 6.45) is 0. The molecule has 10 rings (SSSR count). The Balaban J connectivity index is 1.20. The first-order valence-corrected chi connectivity index (χ1v) is 20.6. The second-order valence-electron chi connectivity index (χ2n) is 17.8. The second kappa shape index (κ2) is 13.3. The van der Waals surface area contributed by atoms with Crippen LogP contribution in [0.2, 0.25) is 0 Å². The number of fused-ring (bicyclic) bond motifs is 9. The maximum absolute atomic E-state index is 6.62. The molecular formula is C55H49NO3. The normalized spacial score (nSPS) is 13.3. The van der Waals surface area contributed by atoms with Gasteiger partial charge in [0.05, 0.1) is 18.5 Å². The summed E-state index contributed by atoms with van der Waals surface area (Å²) in [7, 11) is 1.74. The molecule has 0 bridgehead atoms. The third-order valence-corrected chi connectivity index (χ3v) is 12.3. The van der Waals surface area contributed by atoms with Gasteiger partial charge >= 0.3 is 0 Å². The van der Waals surface area contributed by atoms with Gasteiger partial charge in [-0.25, -0.2) is 0 Å². The second-order valence-corrected chi connectivity index (χ2v) is 17.8. The van der Waals surface area contributed by atoms with Gasteiger partial charge in [0.1, 0.15) is 28.3 Å². The molecule has 0 aliphatic heterocycles. The van der Waals surface area contributed by atoms with Crippen molar-refractivity contribution in [3.05, 3.63) is 161 Å². The third kappa shape index (κ3) is 5.79. The monoisotopic (exact) mass is 771 g/mol. The van der Waals surface area contributed by atoms with E-state index in [9.17, 15) is 0 Å². The van der Waals surface area contributed by atoms with Crippen LogP contribution >= 0.6 is 0 Å². The smallest absolute Gasteiger partial charge is 0.139 e. The lowest BCUT2D eigenvalue weighted by Gasteiger charge is -2.32. The van der Waals surface area contributed by atoms with Gasteiger partial charge in [0.25, 0.3) is 0 Å². The number of anilines is 3. The maximum atomic E-state index is 6.62. The summed E-state index contributed by atoms with van der Waals surface area (Å²) in [6.45, 7) is 17.6. The molecule has 292 valence electrons. The standard InChI is InChI=1S/C55H49NO3/c1-32-26-33(2)53(34(3)27-32)56(35-22-23-39-38-17-14-15-21-45(38)55(7,8)46(39)28-35)47-25-24-37(36-16-10-11-18-40(36)47)43-29-44-49(30-48(43)57-9)58-51-31-50(59-54(4,5)6)41-19-12-13-20-42(41)52(44)51/h10-31H,1-9H3. The molecule has 4 nitrogen and oxygen atoms in total. The number of aryl methyl sites for hydroxylation is 3. The van der Waals surface area contributed by atoms with E-state index >= 15 is 0 Å². The fourth-order valence-electron chi connectivity index (χ4n) is 9.89. The minimum Gasteiger partial charge on any atom is -0.496 e. The average Bonchev–Trinajstić information content (AvgIpc) is 3.68. The fraction of sp³-hybridized carbons (Fsp3) is 0.200. The summed E-state index contributed by atoms with van der Waals surface area (Å²) in [5.41, 5.74) is 15.7. The van der Waals surface area contributed by atoms with E-state index in [4.69, 9.17) is 13.9 Å². The lowest BCUT2D eigenvalue weighted by atomic mass is 9.82. The number of furan rings is 1. The summed E-state index contributed by atoms with van der Waals surface area (Å²) in [5, 5.41) is 6.56. The molecule has 0 saturated carbocycles. The molecule has 0 atom stereocenters. The molecule has 0 spiro atoms. The molecular weight excluding hydrogens is 723 g/mol. The van der Waals surface area contributed by atoms with Gasteiger partial charge in [-0.05, 0) is 116 Å². The van der Waals surface area contributed by atoms with Crippen LogP contribution in [-0.2, 0) is 5.41 Å². The van der Waals surface area contributed by atoms with Gasteiger partial charge < -0.3 is 18.8 Å². The first-order chi connectivity index (χ1) is 28.3. The van der Waals surface area contributed by atoms with Crippen molar-refractivity contribution < 1.29 is 13.9 Å². The van der Waals surface area contributed by atoms with Gasteiger partial charge in [0.15, 0.2) is 0 Å². The number of hydrogen-bond acceptors (Lipinski definition) is 4. The number of hydrogen-bond donors (Lipinski definition) is 0. The van der Waals surface area contributed by atoms with Gasteiger partial charge in [0, 0.05) is 50.3 Å². The topological polar surface area (TPSA) is 34.8 Å². The highest BCUT2D eigenvalue weighted by molar-refractivity contribution is 6.21. The van der Waals surface area contributed by atoms with Crippen LogP contribution in [-0.4, -0.2) is 12.7 Å². The molecule has 1 heterocycles. The summed E-state index contributed by atoms with van der Waals surface area (Å²) in [4.78, 5) is 2.49. The third-order valence-electron chi connectivity index (χ3n) is 12.3. The van der Waals surface area contributed by atoms with Crippen LogP contribution in [0.4, 0.5) is 17.1 Å². The molecule has 0 unspecified atom stereocenters. The zero-order chi connectivity index (χ0) is 41.0. The van der Waals surface area contributed by atoms with E-state index in [0.717, 1.165) is 77.5 Å². The molecule has 0 N–H and O–H groups in total. The summed E-state index contributed by atoms with van der Waals surface area (Å²) < 4.78 is 19.3. The Hall–Kier alpha value is -6.52. The molecule has 1 aromatic heterocycles. The van der Waals surface area contributed by atoms with Crippen LogP contribution in [0.3, 0.4) is 0 Å². The Morgan fingerprint density at radius 3 is 1.90 bits per heavy atom. The van der Waals surface area contributed by atoms with Crippen LogP contribution in [0.1, 0.15) is 62.4 Å². The first-order valence-electron chi connectivity index (χ1n) is 20.6. The average molecular weight is 772 g/mol. The quantitative estimate of drug-likeness (QED) is 0.169.